The van der Waals surface area contributed by atoms with Gasteiger partial charge in [-0.25, -0.2) is 4.79 Å². The lowest BCUT2D eigenvalue weighted by Gasteiger charge is -1.97. The Kier molecular flexibility index (Phi) is 2.70. The lowest BCUT2D eigenvalue weighted by molar-refractivity contribution is 0.0697. The molecular weight excluding hydrogens is 174 g/mol. The molecule has 1 heterocycles. The number of hydrogen-bond acceptors (Lipinski definition) is 3. The molecule has 0 radical (unpaired) electrons. The second-order valence-corrected chi connectivity index (χ2v) is 3.47. The molecule has 1 aromatic rings. The molecule has 0 spiro atoms. The largest absolute Gasteiger partial charge is 0.478 e. The fourth-order valence-electron chi connectivity index (χ4n) is 1.11. The van der Waals surface area contributed by atoms with Crippen molar-refractivity contribution in [2.45, 2.75) is 19.8 Å². The van der Waals surface area contributed by atoms with Gasteiger partial charge in [0.2, 0.25) is 0 Å². The Morgan fingerprint density at radius 3 is 2.92 bits per heavy atom. The van der Waals surface area contributed by atoms with Gasteiger partial charge in [-0.3, -0.25) is 0 Å². The van der Waals surface area contributed by atoms with Crippen molar-refractivity contribution in [1.82, 2.24) is 0 Å². The Bertz CT molecular complexity index is 293. The minimum Gasteiger partial charge on any atom is -0.478 e. The maximum atomic E-state index is 10.7. The maximum Gasteiger partial charge on any atom is 0.338 e. The Morgan fingerprint density at radius 2 is 2.42 bits per heavy atom. The molecule has 0 aliphatic rings. The number of anilines is 1. The molecule has 4 heteroatoms. The van der Waals surface area contributed by atoms with E-state index in [1.165, 1.54) is 11.3 Å². The van der Waals surface area contributed by atoms with Crippen LogP contribution in [0.3, 0.4) is 0 Å². The fraction of sp³-hybridized carbons (Fsp3) is 0.375. The second-order valence-electron chi connectivity index (χ2n) is 2.56. The topological polar surface area (TPSA) is 63.3 Å². The van der Waals surface area contributed by atoms with E-state index in [0.29, 0.717) is 10.6 Å². The summed E-state index contributed by atoms with van der Waals surface area (Å²) < 4.78 is 0. The van der Waals surface area contributed by atoms with Crippen molar-refractivity contribution < 1.29 is 9.90 Å². The summed E-state index contributed by atoms with van der Waals surface area (Å²) in [5, 5.41) is 11.0. The Balaban J connectivity index is 3.04. The van der Waals surface area contributed by atoms with E-state index in [-0.39, 0.29) is 0 Å². The standard InChI is InChI=1S/C8H11NO2S/c1-2-3-5-4-12-7(9)6(5)8(10)11/h4H,2-3,9H2,1H3,(H,10,11). The van der Waals surface area contributed by atoms with E-state index in [4.69, 9.17) is 10.8 Å². The van der Waals surface area contributed by atoms with Crippen LogP contribution in [0.15, 0.2) is 5.38 Å². The van der Waals surface area contributed by atoms with Gasteiger partial charge in [0, 0.05) is 0 Å². The molecule has 0 bridgehead atoms. The smallest absolute Gasteiger partial charge is 0.338 e. The molecule has 0 amide bonds. The van der Waals surface area contributed by atoms with E-state index in [9.17, 15) is 4.79 Å². The van der Waals surface area contributed by atoms with Crippen LogP contribution >= 0.6 is 11.3 Å². The summed E-state index contributed by atoms with van der Waals surface area (Å²) in [5.41, 5.74) is 6.66. The zero-order valence-electron chi connectivity index (χ0n) is 6.83. The van der Waals surface area contributed by atoms with Gasteiger partial charge in [-0.1, -0.05) is 13.3 Å². The molecule has 3 nitrogen and oxygen atoms in total. The first-order valence-corrected chi connectivity index (χ1v) is 4.64. The molecule has 0 fully saturated rings. The zero-order valence-corrected chi connectivity index (χ0v) is 7.65. The number of carboxylic acids is 1. The van der Waals surface area contributed by atoms with Crippen LogP contribution in [0.5, 0.6) is 0 Å². The normalized spacial score (nSPS) is 10.1. The summed E-state index contributed by atoms with van der Waals surface area (Å²) in [4.78, 5) is 10.7. The van der Waals surface area contributed by atoms with Gasteiger partial charge in [0.1, 0.15) is 5.00 Å². The van der Waals surface area contributed by atoms with Crippen LogP contribution in [0.1, 0.15) is 29.3 Å². The number of aromatic carboxylic acids is 1. The van der Waals surface area contributed by atoms with Gasteiger partial charge in [-0.05, 0) is 17.4 Å². The Labute approximate surface area is 74.8 Å². The Hall–Kier alpha value is -1.03. The fourth-order valence-corrected chi connectivity index (χ4v) is 1.95. The highest BCUT2D eigenvalue weighted by molar-refractivity contribution is 7.14. The summed E-state index contributed by atoms with van der Waals surface area (Å²) in [7, 11) is 0. The molecule has 1 aromatic heterocycles. The molecule has 0 aliphatic heterocycles. The third-order valence-corrected chi connectivity index (χ3v) is 2.49. The van der Waals surface area contributed by atoms with Crippen molar-refractivity contribution in [3.05, 3.63) is 16.5 Å². The molecule has 0 atom stereocenters. The first-order valence-electron chi connectivity index (χ1n) is 3.76. The van der Waals surface area contributed by atoms with Crippen LogP contribution in [0.25, 0.3) is 0 Å². The molecule has 12 heavy (non-hydrogen) atoms. The van der Waals surface area contributed by atoms with E-state index < -0.39 is 5.97 Å². The van der Waals surface area contributed by atoms with Crippen molar-refractivity contribution in [1.29, 1.82) is 0 Å². The number of nitrogen functional groups attached to an aromatic ring is 1. The van der Waals surface area contributed by atoms with E-state index in [2.05, 4.69) is 0 Å². The van der Waals surface area contributed by atoms with Gasteiger partial charge in [0.25, 0.3) is 0 Å². The predicted molar refractivity (Wildman–Crippen MR) is 49.7 cm³/mol. The average molecular weight is 185 g/mol. The number of carbonyl (C=O) groups is 1. The van der Waals surface area contributed by atoms with Gasteiger partial charge in [0.05, 0.1) is 5.56 Å². The molecule has 1 rings (SSSR count). The third kappa shape index (κ3) is 1.58. The lowest BCUT2D eigenvalue weighted by atomic mass is 10.1. The first kappa shape index (κ1) is 9.06. The van der Waals surface area contributed by atoms with E-state index in [1.54, 1.807) is 0 Å². The minimum atomic E-state index is -0.919. The van der Waals surface area contributed by atoms with E-state index in [0.717, 1.165) is 18.4 Å². The van der Waals surface area contributed by atoms with Crippen LogP contribution in [0.2, 0.25) is 0 Å². The van der Waals surface area contributed by atoms with Gasteiger partial charge in [0.15, 0.2) is 0 Å². The first-order chi connectivity index (χ1) is 5.66. The highest BCUT2D eigenvalue weighted by Crippen LogP contribution is 2.25. The summed E-state index contributed by atoms with van der Waals surface area (Å²) in [6.45, 7) is 2.01. The van der Waals surface area contributed by atoms with Gasteiger partial charge in [-0.15, -0.1) is 11.3 Å². The summed E-state index contributed by atoms with van der Waals surface area (Å²) >= 11 is 1.30. The zero-order chi connectivity index (χ0) is 9.14. The summed E-state index contributed by atoms with van der Waals surface area (Å²) in [6, 6.07) is 0. The van der Waals surface area contributed by atoms with Crippen LogP contribution in [0.4, 0.5) is 5.00 Å². The minimum absolute atomic E-state index is 0.293. The maximum absolute atomic E-state index is 10.7. The predicted octanol–water partition coefficient (Wildman–Crippen LogP) is 1.98. The highest BCUT2D eigenvalue weighted by atomic mass is 32.1. The molecule has 66 valence electrons. The molecule has 0 saturated heterocycles. The van der Waals surface area contributed by atoms with E-state index >= 15 is 0 Å². The average Bonchev–Trinajstić information content (AvgIpc) is 2.32. The number of rotatable bonds is 3. The second kappa shape index (κ2) is 3.58. The SMILES string of the molecule is CCCc1csc(N)c1C(=O)O. The van der Waals surface area contributed by atoms with Crippen LogP contribution in [-0.2, 0) is 6.42 Å². The van der Waals surface area contributed by atoms with Crippen molar-refractivity contribution in [2.75, 3.05) is 5.73 Å². The van der Waals surface area contributed by atoms with E-state index in [1.807, 2.05) is 12.3 Å². The molecule has 0 saturated carbocycles. The van der Waals surface area contributed by atoms with Gasteiger partial charge >= 0.3 is 5.97 Å². The van der Waals surface area contributed by atoms with Crippen molar-refractivity contribution in [2.24, 2.45) is 0 Å². The van der Waals surface area contributed by atoms with Crippen molar-refractivity contribution in [3.8, 4) is 0 Å². The molecule has 0 unspecified atom stereocenters. The van der Waals surface area contributed by atoms with Gasteiger partial charge < -0.3 is 10.8 Å². The monoisotopic (exact) mass is 185 g/mol. The van der Waals surface area contributed by atoms with Crippen molar-refractivity contribution in [3.63, 3.8) is 0 Å². The third-order valence-electron chi connectivity index (χ3n) is 1.63. The number of aryl methyl sites for hydroxylation is 1. The highest BCUT2D eigenvalue weighted by Gasteiger charge is 2.14. The van der Waals surface area contributed by atoms with Crippen LogP contribution < -0.4 is 5.73 Å². The van der Waals surface area contributed by atoms with Crippen LogP contribution in [-0.4, -0.2) is 11.1 Å². The molecular formula is C8H11NO2S. The quantitative estimate of drug-likeness (QED) is 0.756. The lowest BCUT2D eigenvalue weighted by Crippen LogP contribution is -2.02. The number of nitrogens with two attached hydrogens (primary N) is 1. The summed E-state index contributed by atoms with van der Waals surface area (Å²) in [6.07, 6.45) is 1.73. The molecule has 0 aliphatic carbocycles. The number of thiophene rings is 1. The molecule has 0 aromatic carbocycles. The van der Waals surface area contributed by atoms with Crippen LogP contribution in [0, 0.1) is 0 Å². The molecule has 3 N–H and O–H groups in total. The van der Waals surface area contributed by atoms with Gasteiger partial charge in [-0.2, -0.15) is 0 Å². The number of hydrogen-bond donors (Lipinski definition) is 2. The Morgan fingerprint density at radius 1 is 1.75 bits per heavy atom. The van der Waals surface area contributed by atoms with Crippen molar-refractivity contribution >= 4 is 22.3 Å². The number of carboxylic acid groups (broad SMARTS) is 1. The summed E-state index contributed by atoms with van der Waals surface area (Å²) in [5.74, 6) is -0.919.